The Balaban J connectivity index is 1.58. The van der Waals surface area contributed by atoms with Crippen LogP contribution in [-0.4, -0.2) is 79.1 Å². The Hall–Kier alpha value is -1.33. The zero-order valence-corrected chi connectivity index (χ0v) is 14.2. The molecule has 1 aromatic heterocycles. The molecule has 1 aromatic rings. The molecule has 134 valence electrons. The average molecular weight is 358 g/mol. The largest absolute Gasteiger partial charge is 0.379 e. The Bertz CT molecular complexity index is 701. The molecular formula is C14H22N4O5S. The normalized spacial score (nSPS) is 24.1. The van der Waals surface area contributed by atoms with Crippen LogP contribution in [0.5, 0.6) is 0 Å². The molecule has 2 aliphatic rings. The van der Waals surface area contributed by atoms with Crippen molar-refractivity contribution in [1.29, 1.82) is 0 Å². The van der Waals surface area contributed by atoms with E-state index >= 15 is 0 Å². The Morgan fingerprint density at radius 3 is 2.71 bits per heavy atom. The van der Waals surface area contributed by atoms with E-state index in [4.69, 9.17) is 9.47 Å². The molecule has 2 aliphatic heterocycles. The summed E-state index contributed by atoms with van der Waals surface area (Å²) in [5.41, 5.74) is 0.483. The van der Waals surface area contributed by atoms with Crippen LogP contribution in [0.2, 0.25) is 0 Å². The van der Waals surface area contributed by atoms with Gasteiger partial charge in [-0.05, 0) is 12.8 Å². The monoisotopic (exact) mass is 358 g/mol. The van der Waals surface area contributed by atoms with Crippen molar-refractivity contribution in [1.82, 2.24) is 18.6 Å². The second-order valence-corrected chi connectivity index (χ2v) is 7.74. The van der Waals surface area contributed by atoms with Gasteiger partial charge in [0.15, 0.2) is 0 Å². The van der Waals surface area contributed by atoms with Crippen molar-refractivity contribution < 1.29 is 17.9 Å². The minimum Gasteiger partial charge on any atom is -0.379 e. The van der Waals surface area contributed by atoms with Gasteiger partial charge in [-0.2, -0.15) is 17.0 Å². The molecule has 3 heterocycles. The highest BCUT2D eigenvalue weighted by molar-refractivity contribution is 7.86. The highest BCUT2D eigenvalue weighted by atomic mass is 32.2. The van der Waals surface area contributed by atoms with Gasteiger partial charge < -0.3 is 14.5 Å². The first-order chi connectivity index (χ1) is 11.6. The fourth-order valence-corrected chi connectivity index (χ4v) is 4.47. The maximum atomic E-state index is 12.7. The lowest BCUT2D eigenvalue weighted by atomic mass is 10.1. The summed E-state index contributed by atoms with van der Waals surface area (Å²) in [5.74, 6) is 0. The minimum atomic E-state index is -3.47. The number of morpholine rings is 2. The summed E-state index contributed by atoms with van der Waals surface area (Å²) >= 11 is 0. The van der Waals surface area contributed by atoms with Crippen molar-refractivity contribution in [2.75, 3.05) is 46.0 Å². The molecule has 0 aliphatic carbocycles. The van der Waals surface area contributed by atoms with E-state index in [9.17, 15) is 13.2 Å². The van der Waals surface area contributed by atoms with Crippen LogP contribution in [0.1, 0.15) is 12.1 Å². The quantitative estimate of drug-likeness (QED) is 0.722. The number of H-pyrrole nitrogens is 1. The average Bonchev–Trinajstić information content (AvgIpc) is 2.61. The molecule has 10 heteroatoms. The first-order valence-corrected chi connectivity index (χ1v) is 9.43. The van der Waals surface area contributed by atoms with Crippen LogP contribution in [0.15, 0.2) is 17.2 Å². The van der Waals surface area contributed by atoms with E-state index in [1.54, 1.807) is 0 Å². The molecule has 0 radical (unpaired) electrons. The maximum absolute atomic E-state index is 12.7. The van der Waals surface area contributed by atoms with Gasteiger partial charge in [0, 0.05) is 37.9 Å². The third-order valence-corrected chi connectivity index (χ3v) is 6.18. The van der Waals surface area contributed by atoms with E-state index in [0.717, 1.165) is 0 Å². The molecule has 9 nitrogen and oxygen atoms in total. The first-order valence-electron chi connectivity index (χ1n) is 8.04. The molecule has 24 heavy (non-hydrogen) atoms. The molecule has 0 unspecified atom stereocenters. The van der Waals surface area contributed by atoms with Gasteiger partial charge in [0.2, 0.25) is 0 Å². The van der Waals surface area contributed by atoms with Crippen LogP contribution in [0.3, 0.4) is 0 Å². The van der Waals surface area contributed by atoms with Gasteiger partial charge in [0.1, 0.15) is 0 Å². The first kappa shape index (κ1) is 17.5. The fourth-order valence-electron chi connectivity index (χ4n) is 2.87. The predicted molar refractivity (Wildman–Crippen MR) is 85.8 cm³/mol. The third kappa shape index (κ3) is 4.19. The molecule has 0 bridgehead atoms. The van der Waals surface area contributed by atoms with Gasteiger partial charge >= 0.3 is 0 Å². The van der Waals surface area contributed by atoms with Crippen LogP contribution in [0.25, 0.3) is 0 Å². The van der Waals surface area contributed by atoms with Crippen molar-refractivity contribution in [2.24, 2.45) is 0 Å². The Morgan fingerprint density at radius 2 is 1.96 bits per heavy atom. The molecule has 0 spiro atoms. The number of aryl methyl sites for hydroxylation is 1. The van der Waals surface area contributed by atoms with Crippen molar-refractivity contribution >= 4 is 10.2 Å². The lowest BCUT2D eigenvalue weighted by Gasteiger charge is -2.36. The molecule has 0 saturated carbocycles. The van der Waals surface area contributed by atoms with E-state index in [1.807, 2.05) is 0 Å². The zero-order valence-electron chi connectivity index (χ0n) is 13.4. The summed E-state index contributed by atoms with van der Waals surface area (Å²) in [6, 6.07) is 1.45. The predicted octanol–water partition coefficient (Wildman–Crippen LogP) is -1.02. The van der Waals surface area contributed by atoms with Crippen molar-refractivity contribution in [3.05, 3.63) is 28.4 Å². The number of rotatable bonds is 5. The maximum Gasteiger partial charge on any atom is 0.282 e. The van der Waals surface area contributed by atoms with Crippen LogP contribution in [0.4, 0.5) is 0 Å². The SMILES string of the molecule is O=c1cc(CC[C@H]2CN(S(=O)(=O)N3CCOCC3)CCO2)nc[nH]1. The zero-order chi connectivity index (χ0) is 17.0. The Labute approximate surface area is 140 Å². The smallest absolute Gasteiger partial charge is 0.282 e. The number of ether oxygens (including phenoxy) is 2. The molecule has 1 atom stereocenters. The van der Waals surface area contributed by atoms with Crippen LogP contribution in [-0.2, 0) is 26.1 Å². The summed E-state index contributed by atoms with van der Waals surface area (Å²) in [6.07, 6.45) is 2.36. The lowest BCUT2D eigenvalue weighted by molar-refractivity contribution is -0.00878. The highest BCUT2D eigenvalue weighted by Gasteiger charge is 2.34. The van der Waals surface area contributed by atoms with E-state index < -0.39 is 10.2 Å². The Kier molecular flexibility index (Phi) is 5.61. The number of hydrogen-bond donors (Lipinski definition) is 1. The van der Waals surface area contributed by atoms with Crippen molar-refractivity contribution in [3.63, 3.8) is 0 Å². The lowest BCUT2D eigenvalue weighted by Crippen LogP contribution is -2.53. The fraction of sp³-hybridized carbons (Fsp3) is 0.714. The number of nitrogens with one attached hydrogen (secondary N) is 1. The minimum absolute atomic E-state index is 0.193. The standard InChI is InChI=1S/C14H22N4O5S/c19-14-9-12(15-11-16-14)1-2-13-10-18(5-8-23-13)24(20,21)17-3-6-22-7-4-17/h9,11,13H,1-8,10H2,(H,15,16,19)/t13-/m0/s1. The summed E-state index contributed by atoms with van der Waals surface area (Å²) in [6.45, 7) is 2.70. The molecule has 0 aromatic carbocycles. The molecule has 1 N–H and O–H groups in total. The second kappa shape index (κ2) is 7.70. The summed E-state index contributed by atoms with van der Waals surface area (Å²) < 4.78 is 39.2. The topological polar surface area (TPSA) is 105 Å². The third-order valence-electron chi connectivity index (χ3n) is 4.18. The molecule has 2 fully saturated rings. The van der Waals surface area contributed by atoms with Gasteiger partial charge in [0.05, 0.1) is 32.3 Å². The molecular weight excluding hydrogens is 336 g/mol. The van der Waals surface area contributed by atoms with Crippen LogP contribution >= 0.6 is 0 Å². The van der Waals surface area contributed by atoms with E-state index in [-0.39, 0.29) is 11.7 Å². The van der Waals surface area contributed by atoms with Crippen LogP contribution in [0, 0.1) is 0 Å². The van der Waals surface area contributed by atoms with E-state index in [1.165, 1.54) is 21.0 Å². The van der Waals surface area contributed by atoms with Gasteiger partial charge in [-0.25, -0.2) is 4.98 Å². The Morgan fingerprint density at radius 1 is 1.21 bits per heavy atom. The highest BCUT2D eigenvalue weighted by Crippen LogP contribution is 2.17. The molecule has 0 amide bonds. The summed E-state index contributed by atoms with van der Waals surface area (Å²) in [4.78, 5) is 17.8. The summed E-state index contributed by atoms with van der Waals surface area (Å²) in [7, 11) is -3.47. The number of aromatic amines is 1. The molecule has 2 saturated heterocycles. The van der Waals surface area contributed by atoms with Crippen molar-refractivity contribution in [2.45, 2.75) is 18.9 Å². The van der Waals surface area contributed by atoms with Gasteiger partial charge in [-0.15, -0.1) is 0 Å². The molecule has 3 rings (SSSR count). The van der Waals surface area contributed by atoms with Crippen LogP contribution < -0.4 is 5.56 Å². The van der Waals surface area contributed by atoms with Gasteiger partial charge in [0.25, 0.3) is 15.8 Å². The summed E-state index contributed by atoms with van der Waals surface area (Å²) in [5, 5.41) is 0. The number of aromatic nitrogens is 2. The number of nitrogens with zero attached hydrogens (tertiary/aromatic N) is 3. The van der Waals surface area contributed by atoms with E-state index in [0.29, 0.717) is 64.5 Å². The van der Waals surface area contributed by atoms with Gasteiger partial charge in [-0.1, -0.05) is 0 Å². The van der Waals surface area contributed by atoms with Gasteiger partial charge in [-0.3, -0.25) is 4.79 Å². The second-order valence-electron chi connectivity index (χ2n) is 5.81. The van der Waals surface area contributed by atoms with Crippen molar-refractivity contribution in [3.8, 4) is 0 Å². The van der Waals surface area contributed by atoms with E-state index in [2.05, 4.69) is 9.97 Å². The number of hydrogen-bond acceptors (Lipinski definition) is 6.